The number of alkyl halides is 1. The maximum absolute atomic E-state index is 12.6. The fourth-order valence-corrected chi connectivity index (χ4v) is 3.45. The number of hydrogen-bond acceptors (Lipinski definition) is 4. The van der Waals surface area contributed by atoms with Crippen molar-refractivity contribution in [2.24, 2.45) is 0 Å². The van der Waals surface area contributed by atoms with Gasteiger partial charge < -0.3 is 14.2 Å². The summed E-state index contributed by atoms with van der Waals surface area (Å²) in [5.41, 5.74) is 2.36. The van der Waals surface area contributed by atoms with E-state index in [1.54, 1.807) is 45.6 Å². The molecule has 0 unspecified atom stereocenters. The monoisotopic (exact) mass is 514 g/mol. The zero-order chi connectivity index (χ0) is 25.6. The molecule has 3 aromatic rings. The zero-order valence-corrected chi connectivity index (χ0v) is 19.0. The minimum Gasteiger partial charge on any atom is -0.496 e. The predicted molar refractivity (Wildman–Crippen MR) is 116 cm³/mol. The number of benzene rings is 3. The van der Waals surface area contributed by atoms with Crippen LogP contribution in [0.3, 0.4) is 0 Å². The molecule has 0 bridgehead atoms. The van der Waals surface area contributed by atoms with Gasteiger partial charge in [0.15, 0.2) is 5.75 Å². The molecule has 0 atom stereocenters. The van der Waals surface area contributed by atoms with Crippen LogP contribution in [0.4, 0.5) is 28.3 Å². The summed E-state index contributed by atoms with van der Waals surface area (Å²) in [6.07, 6.45) is 0. The van der Waals surface area contributed by atoms with Gasteiger partial charge in [-0.25, -0.2) is 4.39 Å². The van der Waals surface area contributed by atoms with Crippen LogP contribution in [0.2, 0.25) is 0 Å². The first-order valence-corrected chi connectivity index (χ1v) is 11.3. The molecule has 0 aromatic heterocycles. The van der Waals surface area contributed by atoms with Crippen LogP contribution in [0.5, 0.6) is 23.0 Å². The van der Waals surface area contributed by atoms with Crippen molar-refractivity contribution >= 4 is 10.2 Å². The Morgan fingerprint density at radius 2 is 1.18 bits per heavy atom. The minimum atomic E-state index is -9.64. The summed E-state index contributed by atoms with van der Waals surface area (Å²) < 4.78 is 100. The minimum absolute atomic E-state index is 0.0659. The molecule has 3 aromatic carbocycles. The summed E-state index contributed by atoms with van der Waals surface area (Å²) in [6, 6.07) is 11.8. The smallest absolute Gasteiger partial charge is 0.310 e. The lowest BCUT2D eigenvalue weighted by molar-refractivity contribution is -0.00628. The molecule has 0 radical (unpaired) electrons. The van der Waals surface area contributed by atoms with Crippen molar-refractivity contribution in [2.75, 3.05) is 21.3 Å². The maximum atomic E-state index is 12.6. The average Bonchev–Trinajstić information content (AvgIpc) is 2.82. The van der Waals surface area contributed by atoms with Gasteiger partial charge in [-0.15, -0.1) is 0 Å². The number of methoxy groups -OCH3 is 3. The first-order chi connectivity index (χ1) is 15.8. The van der Waals surface area contributed by atoms with Crippen molar-refractivity contribution in [1.82, 2.24) is 0 Å². The van der Waals surface area contributed by atoms with Gasteiger partial charge in [0.05, 0.1) is 26.9 Å². The molecule has 0 aliphatic rings. The molecule has 12 heteroatoms. The van der Waals surface area contributed by atoms with Gasteiger partial charge in [-0.05, 0) is 35.4 Å². The molecule has 0 spiro atoms. The molecule has 0 N–H and O–H groups in total. The number of ether oxygens (including phenoxy) is 3. The number of rotatable bonds is 7. The molecular weight excluding hydrogens is 493 g/mol. The highest BCUT2D eigenvalue weighted by Crippen LogP contribution is 3.02. The van der Waals surface area contributed by atoms with Gasteiger partial charge in [0.2, 0.25) is 0 Å². The Hall–Kier alpha value is -3.28. The van der Waals surface area contributed by atoms with Crippen LogP contribution in [0.15, 0.2) is 65.6 Å². The number of halogens is 7. The molecule has 0 fully saturated rings. The van der Waals surface area contributed by atoms with Crippen LogP contribution in [0, 0.1) is 0 Å². The Kier molecular flexibility index (Phi) is 7.56. The van der Waals surface area contributed by atoms with E-state index in [1.807, 2.05) is 12.1 Å². The Morgan fingerprint density at radius 1 is 0.676 bits per heavy atom. The van der Waals surface area contributed by atoms with E-state index in [1.165, 1.54) is 0 Å². The third kappa shape index (κ3) is 6.86. The highest BCUT2D eigenvalue weighted by molar-refractivity contribution is 8.45. The van der Waals surface area contributed by atoms with Crippen LogP contribution in [-0.2, 0) is 6.67 Å². The third-order valence-electron chi connectivity index (χ3n) is 4.47. The van der Waals surface area contributed by atoms with Crippen LogP contribution >= 0.6 is 10.2 Å². The molecule has 34 heavy (non-hydrogen) atoms. The highest BCUT2D eigenvalue weighted by Gasteiger charge is 2.65. The third-order valence-corrected chi connectivity index (χ3v) is 5.63. The summed E-state index contributed by atoms with van der Waals surface area (Å²) >= 11 is 0. The normalized spacial score (nSPS) is 13.0. The summed E-state index contributed by atoms with van der Waals surface area (Å²) in [4.78, 5) is 0.971. The van der Waals surface area contributed by atoms with Crippen molar-refractivity contribution in [2.45, 2.75) is 11.6 Å². The van der Waals surface area contributed by atoms with Gasteiger partial charge in [-0.3, -0.25) is 4.94 Å². The van der Waals surface area contributed by atoms with Gasteiger partial charge in [0, 0.05) is 16.7 Å². The lowest BCUT2D eigenvalue weighted by Gasteiger charge is -2.40. The Bertz CT molecular complexity index is 1080. The zero-order valence-electron chi connectivity index (χ0n) is 18.2. The molecule has 0 aliphatic heterocycles. The van der Waals surface area contributed by atoms with Gasteiger partial charge in [0.25, 0.3) is 0 Å². The lowest BCUT2D eigenvalue weighted by Crippen LogP contribution is -2.05. The van der Waals surface area contributed by atoms with Gasteiger partial charge >= 0.3 is 10.2 Å². The molecule has 4 nitrogen and oxygen atoms in total. The molecule has 188 valence electrons. The van der Waals surface area contributed by atoms with E-state index in [9.17, 15) is 28.3 Å². The highest BCUT2D eigenvalue weighted by atomic mass is 32.5. The lowest BCUT2D eigenvalue weighted by atomic mass is 10.0. The summed E-state index contributed by atoms with van der Waals surface area (Å²) in [6.45, 7) is -0.475. The Balaban J connectivity index is 0.000000257. The molecule has 0 saturated heterocycles. The van der Waals surface area contributed by atoms with E-state index in [4.69, 9.17) is 14.2 Å². The first kappa shape index (κ1) is 27.0. The van der Waals surface area contributed by atoms with Crippen LogP contribution in [0.1, 0.15) is 5.56 Å². The van der Waals surface area contributed by atoms with E-state index in [-0.39, 0.29) is 12.1 Å². The van der Waals surface area contributed by atoms with E-state index >= 15 is 0 Å². The molecule has 0 amide bonds. The van der Waals surface area contributed by atoms with Gasteiger partial charge in [0.1, 0.15) is 28.8 Å². The van der Waals surface area contributed by atoms with Crippen molar-refractivity contribution < 1.29 is 47.5 Å². The second-order valence-corrected chi connectivity index (χ2v) is 9.16. The largest absolute Gasteiger partial charge is 0.496 e. The second-order valence-electron chi connectivity index (χ2n) is 6.75. The molecular formula is C22H21F7O4S. The summed E-state index contributed by atoms with van der Waals surface area (Å²) in [7, 11) is -4.88. The fourth-order valence-electron chi connectivity index (χ4n) is 2.80. The summed E-state index contributed by atoms with van der Waals surface area (Å²) in [5, 5.41) is 0. The quantitative estimate of drug-likeness (QED) is 0.297. The molecule has 0 saturated carbocycles. The van der Waals surface area contributed by atoms with E-state index < -0.39 is 27.5 Å². The standard InChI is InChI=1S/C16H17FO3.C6H4F6OS/c1-18-13-8-14(19-2)16(15(9-13)20-3)12-6-4-11(10-17)5-7-12;7-13-5-1-3-6(4-2-5)14(8,9,10,11)12/h4-9H,10H2,1-3H3;1-4H. The SMILES string of the molecule is COc1cc(OC)c(-c2ccc(CF)cc2)c(OC)c1.FOc1ccc(S(F)(F)(F)(F)F)cc1. The van der Waals surface area contributed by atoms with E-state index in [0.29, 0.717) is 34.9 Å². The molecule has 0 aliphatic carbocycles. The van der Waals surface area contributed by atoms with E-state index in [0.717, 1.165) is 11.1 Å². The van der Waals surface area contributed by atoms with Gasteiger partial charge in [-0.2, -0.15) is 0 Å². The van der Waals surface area contributed by atoms with E-state index in [2.05, 4.69) is 4.94 Å². The number of hydrogen-bond donors (Lipinski definition) is 0. The second kappa shape index (κ2) is 9.53. The summed E-state index contributed by atoms with van der Waals surface area (Å²) in [5.74, 6) is 1.38. The van der Waals surface area contributed by atoms with Crippen LogP contribution in [-0.4, -0.2) is 21.3 Å². The molecule has 0 heterocycles. The van der Waals surface area contributed by atoms with Gasteiger partial charge in [-0.1, -0.05) is 43.7 Å². The van der Waals surface area contributed by atoms with Crippen LogP contribution in [0.25, 0.3) is 11.1 Å². The Morgan fingerprint density at radius 3 is 1.53 bits per heavy atom. The Labute approximate surface area is 191 Å². The van der Waals surface area contributed by atoms with Crippen molar-refractivity contribution in [3.63, 3.8) is 0 Å². The van der Waals surface area contributed by atoms with Crippen molar-refractivity contribution in [3.8, 4) is 34.1 Å². The fraction of sp³-hybridized carbons (Fsp3) is 0.182. The van der Waals surface area contributed by atoms with Crippen molar-refractivity contribution in [1.29, 1.82) is 0 Å². The first-order valence-electron chi connectivity index (χ1n) is 9.34. The van der Waals surface area contributed by atoms with Crippen LogP contribution < -0.4 is 19.2 Å². The topological polar surface area (TPSA) is 36.9 Å². The van der Waals surface area contributed by atoms with Crippen molar-refractivity contribution in [3.05, 3.63) is 66.2 Å². The molecule has 3 rings (SSSR count). The average molecular weight is 514 g/mol. The predicted octanol–water partition coefficient (Wildman–Crippen LogP) is 8.46. The maximum Gasteiger partial charge on any atom is 0.310 e.